The molecule has 1 aliphatic heterocycles. The molecule has 1 amide bonds. The molecule has 8 nitrogen and oxygen atoms in total. The van der Waals surface area contributed by atoms with Crippen molar-refractivity contribution in [1.82, 2.24) is 5.48 Å². The number of methoxy groups -OCH3 is 1. The lowest BCUT2D eigenvalue weighted by Gasteiger charge is -2.21. The number of hydrogen-bond acceptors (Lipinski definition) is 6. The van der Waals surface area contributed by atoms with Crippen LogP contribution in [0.5, 0.6) is 5.75 Å². The molecular weight excluding hydrogens is 370 g/mol. The highest BCUT2D eigenvalue weighted by Gasteiger charge is 2.32. The van der Waals surface area contributed by atoms with Gasteiger partial charge >= 0.3 is 0 Å². The molecule has 0 saturated heterocycles. The second-order valence-corrected chi connectivity index (χ2v) is 7.79. The molecule has 4 N–H and O–H groups in total. The number of carbonyl (C=O) groups excluding carboxylic acids is 1. The highest BCUT2D eigenvalue weighted by molar-refractivity contribution is 7.92. The molecule has 0 unspecified atom stereocenters. The average molecular weight is 389 g/mol. The fraction of sp³-hybridized carbons (Fsp3) is 0.167. The molecule has 0 saturated carbocycles. The maximum atomic E-state index is 13.0. The van der Waals surface area contributed by atoms with Gasteiger partial charge in [0, 0.05) is 12.6 Å². The molecule has 27 heavy (non-hydrogen) atoms. The van der Waals surface area contributed by atoms with Crippen LogP contribution in [-0.2, 0) is 21.2 Å². The molecule has 3 rings (SSSR count). The topological polar surface area (TPSA) is 122 Å². The van der Waals surface area contributed by atoms with E-state index in [-0.39, 0.29) is 11.4 Å². The summed E-state index contributed by atoms with van der Waals surface area (Å²) >= 11 is 0. The predicted molar refractivity (Wildman–Crippen MR) is 101 cm³/mol. The number of nitrogens with zero attached hydrogens (tertiary/aromatic N) is 1. The largest absolute Gasteiger partial charge is 0.497 e. The molecule has 0 aromatic heterocycles. The Morgan fingerprint density at radius 1 is 1.30 bits per heavy atom. The summed E-state index contributed by atoms with van der Waals surface area (Å²) in [5.41, 5.74) is 9.78. The van der Waals surface area contributed by atoms with Crippen LogP contribution in [0.15, 0.2) is 47.4 Å². The maximum absolute atomic E-state index is 13.0. The zero-order chi connectivity index (χ0) is 19.6. The maximum Gasteiger partial charge on any atom is 0.267 e. The van der Waals surface area contributed by atoms with Gasteiger partial charge in [0.05, 0.1) is 23.4 Å². The van der Waals surface area contributed by atoms with Gasteiger partial charge in [0.2, 0.25) is 0 Å². The number of carbonyl (C=O) groups is 1. The monoisotopic (exact) mass is 389 g/mol. The van der Waals surface area contributed by atoms with E-state index < -0.39 is 15.9 Å². The van der Waals surface area contributed by atoms with Crippen molar-refractivity contribution in [2.75, 3.05) is 23.7 Å². The van der Waals surface area contributed by atoms with Crippen LogP contribution in [0, 0.1) is 0 Å². The number of nitrogens with one attached hydrogen (secondary N) is 1. The standard InChI is InChI=1S/C18H19N3O5S/c1-26-14-3-5-15(6-4-14)27(24,25)21-9-8-13-10-12(2-7-17(22)20-23)11-16(19)18(13)21/h2-7,10-11,23H,8-9,19H2,1H3,(H,20,22)/b7-2+. The number of hydroxylamine groups is 1. The van der Waals surface area contributed by atoms with Gasteiger partial charge in [-0.1, -0.05) is 0 Å². The van der Waals surface area contributed by atoms with Crippen LogP contribution < -0.4 is 20.3 Å². The van der Waals surface area contributed by atoms with Crippen LogP contribution in [0.2, 0.25) is 0 Å². The van der Waals surface area contributed by atoms with Crippen molar-refractivity contribution >= 4 is 33.4 Å². The summed E-state index contributed by atoms with van der Waals surface area (Å²) < 4.78 is 32.4. The number of fused-ring (bicyclic) bond motifs is 1. The van der Waals surface area contributed by atoms with Crippen molar-refractivity contribution in [2.45, 2.75) is 11.3 Å². The van der Waals surface area contributed by atoms with E-state index in [0.717, 1.165) is 11.6 Å². The van der Waals surface area contributed by atoms with E-state index in [2.05, 4.69) is 0 Å². The Bertz CT molecular complexity index is 1000. The summed E-state index contributed by atoms with van der Waals surface area (Å²) in [6.07, 6.45) is 3.15. The summed E-state index contributed by atoms with van der Waals surface area (Å²) in [4.78, 5) is 11.3. The highest BCUT2D eigenvalue weighted by atomic mass is 32.2. The molecule has 0 spiro atoms. The third-order valence-electron chi connectivity index (χ3n) is 4.26. The molecule has 0 bridgehead atoms. The zero-order valence-electron chi connectivity index (χ0n) is 14.5. The summed E-state index contributed by atoms with van der Waals surface area (Å²) in [7, 11) is -2.25. The molecular formula is C18H19N3O5S. The molecule has 0 aliphatic carbocycles. The summed E-state index contributed by atoms with van der Waals surface area (Å²) in [5.74, 6) is -0.101. The Kier molecular flexibility index (Phi) is 5.06. The Hall–Kier alpha value is -3.04. The van der Waals surface area contributed by atoms with Crippen LogP contribution in [0.3, 0.4) is 0 Å². The van der Waals surface area contributed by atoms with Crippen molar-refractivity contribution in [1.29, 1.82) is 0 Å². The lowest BCUT2D eigenvalue weighted by Crippen LogP contribution is -2.29. The SMILES string of the molecule is COc1ccc(S(=O)(=O)N2CCc3cc(/C=C/C(=O)NO)cc(N)c32)cc1. The number of nitrogens with two attached hydrogens (primary N) is 1. The minimum atomic E-state index is -3.76. The van der Waals surface area contributed by atoms with Crippen molar-refractivity contribution in [3.63, 3.8) is 0 Å². The zero-order valence-corrected chi connectivity index (χ0v) is 15.4. The van der Waals surface area contributed by atoms with Crippen molar-refractivity contribution in [3.8, 4) is 5.75 Å². The van der Waals surface area contributed by atoms with Gasteiger partial charge in [-0.3, -0.25) is 14.3 Å². The molecule has 9 heteroatoms. The van der Waals surface area contributed by atoms with Gasteiger partial charge in [0.25, 0.3) is 15.9 Å². The molecule has 0 fully saturated rings. The number of hydrogen-bond donors (Lipinski definition) is 3. The van der Waals surface area contributed by atoms with Crippen molar-refractivity contribution < 1.29 is 23.2 Å². The first-order valence-corrected chi connectivity index (χ1v) is 9.52. The fourth-order valence-corrected chi connectivity index (χ4v) is 4.52. The lowest BCUT2D eigenvalue weighted by molar-refractivity contribution is -0.124. The van der Waals surface area contributed by atoms with Gasteiger partial charge in [-0.25, -0.2) is 13.9 Å². The third kappa shape index (κ3) is 3.60. The first-order chi connectivity index (χ1) is 12.9. The molecule has 2 aromatic rings. The van der Waals surface area contributed by atoms with Gasteiger partial charge in [0.1, 0.15) is 5.75 Å². The number of amides is 1. The van der Waals surface area contributed by atoms with Gasteiger partial charge in [-0.05, 0) is 60.0 Å². The van der Waals surface area contributed by atoms with Crippen LogP contribution in [0.25, 0.3) is 6.08 Å². The van der Waals surface area contributed by atoms with Crippen LogP contribution in [0.4, 0.5) is 11.4 Å². The third-order valence-corrected chi connectivity index (χ3v) is 6.07. The Morgan fingerprint density at radius 3 is 2.63 bits per heavy atom. The summed E-state index contributed by atoms with van der Waals surface area (Å²) in [6, 6.07) is 9.53. The molecule has 0 radical (unpaired) electrons. The quantitative estimate of drug-likeness (QED) is 0.309. The van der Waals surface area contributed by atoms with Crippen molar-refractivity contribution in [3.05, 3.63) is 53.6 Å². The number of sulfonamides is 1. The van der Waals surface area contributed by atoms with Crippen LogP contribution in [0.1, 0.15) is 11.1 Å². The second-order valence-electron chi connectivity index (χ2n) is 5.93. The smallest absolute Gasteiger partial charge is 0.267 e. The van der Waals surface area contributed by atoms with E-state index in [1.165, 1.54) is 35.1 Å². The van der Waals surface area contributed by atoms with Gasteiger partial charge in [-0.2, -0.15) is 0 Å². The van der Waals surface area contributed by atoms with E-state index in [4.69, 9.17) is 15.7 Å². The van der Waals surface area contributed by atoms with E-state index in [0.29, 0.717) is 29.1 Å². The predicted octanol–water partition coefficient (Wildman–Crippen LogP) is 1.55. The molecule has 0 atom stereocenters. The molecule has 1 aliphatic rings. The van der Waals surface area contributed by atoms with Gasteiger partial charge < -0.3 is 10.5 Å². The summed E-state index contributed by atoms with van der Waals surface area (Å²) in [5, 5.41) is 8.53. The number of anilines is 2. The molecule has 142 valence electrons. The van der Waals surface area contributed by atoms with E-state index in [1.54, 1.807) is 24.3 Å². The fourth-order valence-electron chi connectivity index (χ4n) is 2.99. The highest BCUT2D eigenvalue weighted by Crippen LogP contribution is 2.39. The Labute approximate surface area is 156 Å². The first-order valence-electron chi connectivity index (χ1n) is 8.08. The van der Waals surface area contributed by atoms with Crippen molar-refractivity contribution in [2.24, 2.45) is 0 Å². The summed E-state index contributed by atoms with van der Waals surface area (Å²) in [6.45, 7) is 0.276. The lowest BCUT2D eigenvalue weighted by atomic mass is 10.1. The number of rotatable bonds is 5. The Morgan fingerprint density at radius 2 is 2.00 bits per heavy atom. The molecule has 2 aromatic carbocycles. The van der Waals surface area contributed by atoms with E-state index in [1.807, 2.05) is 0 Å². The second kappa shape index (κ2) is 7.29. The van der Waals surface area contributed by atoms with Crippen LogP contribution >= 0.6 is 0 Å². The minimum Gasteiger partial charge on any atom is -0.497 e. The number of nitrogen functional groups attached to an aromatic ring is 1. The first kappa shape index (κ1) is 18.7. The average Bonchev–Trinajstić information content (AvgIpc) is 3.11. The minimum absolute atomic E-state index is 0.152. The Balaban J connectivity index is 1.96. The number of benzene rings is 2. The van der Waals surface area contributed by atoms with E-state index >= 15 is 0 Å². The molecule has 1 heterocycles. The normalized spacial score (nSPS) is 13.6. The van der Waals surface area contributed by atoms with Gasteiger partial charge in [-0.15, -0.1) is 0 Å². The van der Waals surface area contributed by atoms with E-state index in [9.17, 15) is 13.2 Å². The van der Waals surface area contributed by atoms with Gasteiger partial charge in [0.15, 0.2) is 0 Å². The van der Waals surface area contributed by atoms with Crippen LogP contribution in [-0.4, -0.2) is 33.2 Å². The number of ether oxygens (including phenoxy) is 1.